The van der Waals surface area contributed by atoms with E-state index in [1.807, 2.05) is 24.3 Å². The lowest BCUT2D eigenvalue weighted by Gasteiger charge is -2.15. The molecule has 2 nitrogen and oxygen atoms in total. The second kappa shape index (κ2) is 8.47. The van der Waals surface area contributed by atoms with Crippen LogP contribution in [0.25, 0.3) is 0 Å². The van der Waals surface area contributed by atoms with Crippen LogP contribution in [0.5, 0.6) is 11.5 Å². The van der Waals surface area contributed by atoms with Crippen LogP contribution >= 0.6 is 0 Å². The van der Waals surface area contributed by atoms with Crippen LogP contribution in [0.4, 0.5) is 0 Å². The summed E-state index contributed by atoms with van der Waals surface area (Å²) >= 11 is 0. The van der Waals surface area contributed by atoms with Crippen molar-refractivity contribution in [2.24, 2.45) is 0 Å². The van der Waals surface area contributed by atoms with Crippen molar-refractivity contribution in [3.8, 4) is 11.5 Å². The van der Waals surface area contributed by atoms with E-state index in [0.717, 1.165) is 12.8 Å². The van der Waals surface area contributed by atoms with Gasteiger partial charge in [-0.2, -0.15) is 0 Å². The first-order valence-corrected chi connectivity index (χ1v) is 8.26. The summed E-state index contributed by atoms with van der Waals surface area (Å²) in [7, 11) is 0. The predicted octanol–water partition coefficient (Wildman–Crippen LogP) is 5.39. The fourth-order valence-corrected chi connectivity index (χ4v) is 2.91. The number of aromatic hydroxyl groups is 2. The monoisotopic (exact) mass is 298 g/mol. The average molecular weight is 298 g/mol. The minimum Gasteiger partial charge on any atom is -0.508 e. The third-order valence-corrected chi connectivity index (χ3v) is 4.31. The molecule has 2 aromatic rings. The molecule has 0 amide bonds. The molecule has 2 N–H and O–H groups in total. The smallest absolute Gasteiger partial charge is 0.115 e. The van der Waals surface area contributed by atoms with E-state index in [4.69, 9.17) is 0 Å². The molecule has 22 heavy (non-hydrogen) atoms. The molecule has 2 aromatic carbocycles. The van der Waals surface area contributed by atoms with Crippen molar-refractivity contribution in [3.63, 3.8) is 0 Å². The first-order valence-electron chi connectivity index (χ1n) is 8.26. The molecule has 0 bridgehead atoms. The SMILES string of the molecule is CCC(CCCCCc1ccc(O)cc1)c1ccc(O)cc1. The maximum absolute atomic E-state index is 9.37. The second-order valence-electron chi connectivity index (χ2n) is 5.96. The standard InChI is InChI=1S/C20H26O2/c1-2-17(18-10-14-20(22)15-11-18)7-5-3-4-6-16-8-12-19(21)13-9-16/h8-15,17,21-22H,2-7H2,1H3. The number of hydrogen-bond donors (Lipinski definition) is 2. The average Bonchev–Trinajstić information content (AvgIpc) is 2.54. The van der Waals surface area contributed by atoms with Gasteiger partial charge >= 0.3 is 0 Å². The molecule has 0 aliphatic heterocycles. The van der Waals surface area contributed by atoms with E-state index in [1.54, 1.807) is 24.3 Å². The van der Waals surface area contributed by atoms with Gasteiger partial charge in [-0.15, -0.1) is 0 Å². The van der Waals surface area contributed by atoms with Gasteiger partial charge in [0.05, 0.1) is 0 Å². The maximum Gasteiger partial charge on any atom is 0.115 e. The topological polar surface area (TPSA) is 40.5 Å². The summed E-state index contributed by atoms with van der Waals surface area (Å²) in [5.41, 5.74) is 2.63. The number of aryl methyl sites for hydroxylation is 1. The van der Waals surface area contributed by atoms with Gasteiger partial charge in [-0.05, 0) is 67.0 Å². The number of unbranched alkanes of at least 4 members (excludes halogenated alkanes) is 2. The Morgan fingerprint density at radius 2 is 1.36 bits per heavy atom. The maximum atomic E-state index is 9.37. The minimum atomic E-state index is 0.337. The fraction of sp³-hybridized carbons (Fsp3) is 0.400. The Morgan fingerprint density at radius 1 is 0.773 bits per heavy atom. The number of rotatable bonds is 8. The summed E-state index contributed by atoms with van der Waals surface area (Å²) in [5, 5.41) is 18.6. The summed E-state index contributed by atoms with van der Waals surface area (Å²) in [4.78, 5) is 0. The molecule has 0 fully saturated rings. The van der Waals surface area contributed by atoms with Crippen LogP contribution in [0, 0.1) is 0 Å². The predicted molar refractivity (Wildman–Crippen MR) is 91.4 cm³/mol. The first kappa shape index (κ1) is 16.4. The Balaban J connectivity index is 1.70. The van der Waals surface area contributed by atoms with E-state index in [9.17, 15) is 10.2 Å². The number of hydrogen-bond acceptors (Lipinski definition) is 2. The first-order chi connectivity index (χ1) is 10.7. The summed E-state index contributed by atoms with van der Waals surface area (Å²) < 4.78 is 0. The van der Waals surface area contributed by atoms with Crippen LogP contribution in [0.3, 0.4) is 0 Å². The Hall–Kier alpha value is -1.96. The van der Waals surface area contributed by atoms with Gasteiger partial charge in [-0.25, -0.2) is 0 Å². The van der Waals surface area contributed by atoms with Gasteiger partial charge in [-0.1, -0.05) is 44.0 Å². The van der Waals surface area contributed by atoms with E-state index >= 15 is 0 Å². The van der Waals surface area contributed by atoms with Gasteiger partial charge < -0.3 is 10.2 Å². The Morgan fingerprint density at radius 3 is 1.95 bits per heavy atom. The molecule has 0 saturated heterocycles. The third kappa shape index (κ3) is 5.10. The van der Waals surface area contributed by atoms with Gasteiger partial charge in [-0.3, -0.25) is 0 Å². The van der Waals surface area contributed by atoms with Crippen LogP contribution in [0.1, 0.15) is 56.1 Å². The Labute approximate surface area is 133 Å². The molecule has 0 aliphatic carbocycles. The van der Waals surface area contributed by atoms with Gasteiger partial charge in [0.25, 0.3) is 0 Å². The summed E-state index contributed by atoms with van der Waals surface area (Å²) in [5.74, 6) is 1.27. The van der Waals surface area contributed by atoms with Crippen molar-refractivity contribution in [1.82, 2.24) is 0 Å². The van der Waals surface area contributed by atoms with Crippen molar-refractivity contribution in [2.75, 3.05) is 0 Å². The summed E-state index contributed by atoms with van der Waals surface area (Å²) in [6, 6.07) is 15.2. The molecule has 0 heterocycles. The van der Waals surface area contributed by atoms with E-state index in [-0.39, 0.29) is 0 Å². The molecule has 0 aliphatic rings. The zero-order chi connectivity index (χ0) is 15.8. The number of phenols is 2. The highest BCUT2D eigenvalue weighted by atomic mass is 16.3. The van der Waals surface area contributed by atoms with E-state index in [0.29, 0.717) is 17.4 Å². The van der Waals surface area contributed by atoms with Gasteiger partial charge in [0.2, 0.25) is 0 Å². The molecular weight excluding hydrogens is 272 g/mol. The van der Waals surface area contributed by atoms with Crippen LogP contribution < -0.4 is 0 Å². The lowest BCUT2D eigenvalue weighted by molar-refractivity contribution is 0.473. The molecule has 118 valence electrons. The Bertz CT molecular complexity index is 543. The van der Waals surface area contributed by atoms with E-state index < -0.39 is 0 Å². The van der Waals surface area contributed by atoms with E-state index in [1.165, 1.54) is 36.8 Å². The quantitative estimate of drug-likeness (QED) is 0.641. The highest BCUT2D eigenvalue weighted by Gasteiger charge is 2.08. The van der Waals surface area contributed by atoms with Crippen LogP contribution in [-0.2, 0) is 6.42 Å². The van der Waals surface area contributed by atoms with Crippen molar-refractivity contribution in [2.45, 2.75) is 51.4 Å². The number of benzene rings is 2. The summed E-state index contributed by atoms with van der Waals surface area (Å²) in [6.07, 6.45) is 7.08. The molecule has 0 aromatic heterocycles. The summed E-state index contributed by atoms with van der Waals surface area (Å²) in [6.45, 7) is 2.23. The highest BCUT2D eigenvalue weighted by Crippen LogP contribution is 2.27. The van der Waals surface area contributed by atoms with Crippen molar-refractivity contribution >= 4 is 0 Å². The normalized spacial score (nSPS) is 12.2. The minimum absolute atomic E-state index is 0.337. The molecule has 1 atom stereocenters. The van der Waals surface area contributed by atoms with Gasteiger partial charge in [0, 0.05) is 0 Å². The van der Waals surface area contributed by atoms with Crippen molar-refractivity contribution in [1.29, 1.82) is 0 Å². The van der Waals surface area contributed by atoms with Crippen LogP contribution in [0.2, 0.25) is 0 Å². The fourth-order valence-electron chi connectivity index (χ4n) is 2.91. The molecule has 1 unspecified atom stereocenters. The second-order valence-corrected chi connectivity index (χ2v) is 5.96. The highest BCUT2D eigenvalue weighted by molar-refractivity contribution is 5.28. The zero-order valence-electron chi connectivity index (χ0n) is 13.3. The zero-order valence-corrected chi connectivity index (χ0v) is 13.3. The number of phenolic OH excluding ortho intramolecular Hbond substituents is 2. The molecule has 0 radical (unpaired) electrons. The molecule has 2 rings (SSSR count). The lowest BCUT2D eigenvalue weighted by atomic mass is 9.90. The largest absolute Gasteiger partial charge is 0.508 e. The van der Waals surface area contributed by atoms with Crippen molar-refractivity contribution < 1.29 is 10.2 Å². The molecule has 2 heteroatoms. The lowest BCUT2D eigenvalue weighted by Crippen LogP contribution is -1.97. The molecular formula is C20H26O2. The van der Waals surface area contributed by atoms with Crippen LogP contribution in [-0.4, -0.2) is 10.2 Å². The van der Waals surface area contributed by atoms with Crippen LogP contribution in [0.15, 0.2) is 48.5 Å². The van der Waals surface area contributed by atoms with Crippen molar-refractivity contribution in [3.05, 3.63) is 59.7 Å². The van der Waals surface area contributed by atoms with E-state index in [2.05, 4.69) is 6.92 Å². The van der Waals surface area contributed by atoms with Gasteiger partial charge in [0.1, 0.15) is 11.5 Å². The molecule has 0 spiro atoms. The third-order valence-electron chi connectivity index (χ3n) is 4.31. The van der Waals surface area contributed by atoms with Gasteiger partial charge in [0.15, 0.2) is 0 Å². The molecule has 0 saturated carbocycles. The Kier molecular flexibility index (Phi) is 6.32.